The van der Waals surface area contributed by atoms with Crippen LogP contribution >= 0.6 is 0 Å². The van der Waals surface area contributed by atoms with Gasteiger partial charge in [-0.25, -0.2) is 0 Å². The maximum Gasteiger partial charge on any atom is 0.0623 e. The predicted molar refractivity (Wildman–Crippen MR) is 102 cm³/mol. The highest BCUT2D eigenvalue weighted by molar-refractivity contribution is 5.14. The first kappa shape index (κ1) is 17.5. The van der Waals surface area contributed by atoms with Crippen LogP contribution in [-0.2, 0) is 11.3 Å². The second-order valence-electron chi connectivity index (χ2n) is 8.04. The number of nitrogens with zero attached hydrogens (tertiary/aromatic N) is 1. The molecule has 2 aliphatic heterocycles. The van der Waals surface area contributed by atoms with Gasteiger partial charge in [-0.1, -0.05) is 36.8 Å². The molecule has 0 aromatic heterocycles. The zero-order valence-corrected chi connectivity index (χ0v) is 15.3. The van der Waals surface area contributed by atoms with Crippen LogP contribution in [0.3, 0.4) is 0 Å². The van der Waals surface area contributed by atoms with E-state index in [2.05, 4.69) is 45.9 Å². The summed E-state index contributed by atoms with van der Waals surface area (Å²) in [6, 6.07) is 12.8. The fraction of sp³-hybridized carbons (Fsp3) is 0.714. The van der Waals surface area contributed by atoms with Gasteiger partial charge in [-0.3, -0.25) is 4.90 Å². The lowest BCUT2D eigenvalue weighted by Gasteiger charge is -2.37. The molecule has 2 heterocycles. The fourth-order valence-corrected chi connectivity index (χ4v) is 4.94. The molecule has 4 nitrogen and oxygen atoms in total. The topological polar surface area (TPSA) is 36.5 Å². The van der Waals surface area contributed by atoms with E-state index in [0.29, 0.717) is 18.1 Å². The van der Waals surface area contributed by atoms with E-state index in [0.717, 1.165) is 32.2 Å². The van der Waals surface area contributed by atoms with Crippen LogP contribution in [0.4, 0.5) is 0 Å². The van der Waals surface area contributed by atoms with E-state index >= 15 is 0 Å². The van der Waals surface area contributed by atoms with Gasteiger partial charge in [0.15, 0.2) is 0 Å². The summed E-state index contributed by atoms with van der Waals surface area (Å²) in [7, 11) is 0. The third-order valence-electron chi connectivity index (χ3n) is 6.32. The molecule has 0 amide bonds. The molecule has 2 N–H and O–H groups in total. The summed E-state index contributed by atoms with van der Waals surface area (Å²) in [6.07, 6.45) is 6.63. The van der Waals surface area contributed by atoms with E-state index in [-0.39, 0.29) is 0 Å². The number of hydrogen-bond acceptors (Lipinski definition) is 4. The summed E-state index contributed by atoms with van der Waals surface area (Å²) < 4.78 is 5.71. The number of ether oxygens (including phenoxy) is 1. The normalized spacial score (nSPS) is 32.1. The number of rotatable bonds is 5. The van der Waals surface area contributed by atoms with Crippen molar-refractivity contribution in [3.05, 3.63) is 35.9 Å². The van der Waals surface area contributed by atoms with Gasteiger partial charge in [-0.2, -0.15) is 0 Å². The van der Waals surface area contributed by atoms with Gasteiger partial charge >= 0.3 is 0 Å². The monoisotopic (exact) mass is 343 g/mol. The van der Waals surface area contributed by atoms with E-state index in [1.54, 1.807) is 0 Å². The molecule has 3 atom stereocenters. The van der Waals surface area contributed by atoms with Crippen molar-refractivity contribution in [3.63, 3.8) is 0 Å². The zero-order chi connectivity index (χ0) is 16.9. The highest BCUT2D eigenvalue weighted by atomic mass is 16.5. The molecule has 4 heteroatoms. The van der Waals surface area contributed by atoms with E-state index in [1.807, 2.05) is 0 Å². The number of piperidine rings is 1. The number of morpholine rings is 1. The van der Waals surface area contributed by atoms with Crippen molar-refractivity contribution in [2.24, 2.45) is 5.92 Å². The Morgan fingerprint density at radius 2 is 1.92 bits per heavy atom. The number of hydrogen-bond donors (Lipinski definition) is 2. The zero-order valence-electron chi connectivity index (χ0n) is 15.3. The summed E-state index contributed by atoms with van der Waals surface area (Å²) in [6.45, 7) is 6.33. The van der Waals surface area contributed by atoms with Gasteiger partial charge in [0.25, 0.3) is 0 Å². The van der Waals surface area contributed by atoms with Gasteiger partial charge in [0.2, 0.25) is 0 Å². The van der Waals surface area contributed by atoms with Crippen LogP contribution in [0.5, 0.6) is 0 Å². The average molecular weight is 344 g/mol. The van der Waals surface area contributed by atoms with Crippen LogP contribution in [0.15, 0.2) is 30.3 Å². The summed E-state index contributed by atoms with van der Waals surface area (Å²) in [5.74, 6) is 0.752. The largest absolute Gasteiger partial charge is 0.379 e. The molecule has 0 bridgehead atoms. The Morgan fingerprint density at radius 1 is 1.08 bits per heavy atom. The molecule has 3 aliphatic rings. The van der Waals surface area contributed by atoms with Gasteiger partial charge in [0.1, 0.15) is 0 Å². The Kier molecular flexibility index (Phi) is 6.03. The first-order valence-electron chi connectivity index (χ1n) is 10.2. The van der Waals surface area contributed by atoms with Crippen molar-refractivity contribution in [1.29, 1.82) is 0 Å². The number of nitrogens with one attached hydrogen (secondary N) is 2. The van der Waals surface area contributed by atoms with Crippen molar-refractivity contribution in [2.45, 2.75) is 56.8 Å². The Labute approximate surface area is 152 Å². The van der Waals surface area contributed by atoms with Gasteiger partial charge < -0.3 is 15.4 Å². The Hall–Kier alpha value is -0.940. The van der Waals surface area contributed by atoms with Crippen LogP contribution in [0, 0.1) is 5.92 Å². The van der Waals surface area contributed by atoms with Crippen molar-refractivity contribution >= 4 is 0 Å². The predicted octanol–water partition coefficient (Wildman–Crippen LogP) is 2.40. The standard InChI is InChI=1S/C21H33N3O/c1-2-5-17(6-3-1)15-24-12-9-18(10-13-24)23-20-8-4-7-19(20)21-16-25-14-11-22-21/h1-3,5-6,18-23H,4,7-16H2. The average Bonchev–Trinajstić information content (AvgIpc) is 3.13. The van der Waals surface area contributed by atoms with Crippen LogP contribution in [0.1, 0.15) is 37.7 Å². The molecular weight excluding hydrogens is 310 g/mol. The molecule has 4 rings (SSSR count). The summed E-state index contributed by atoms with van der Waals surface area (Å²) in [5, 5.41) is 7.72. The quantitative estimate of drug-likeness (QED) is 0.861. The van der Waals surface area contributed by atoms with Gasteiger partial charge in [-0.05, 0) is 50.3 Å². The fourth-order valence-electron chi connectivity index (χ4n) is 4.94. The molecule has 0 radical (unpaired) electrons. The molecule has 3 unspecified atom stereocenters. The third-order valence-corrected chi connectivity index (χ3v) is 6.32. The van der Waals surface area contributed by atoms with Gasteiger partial charge in [0, 0.05) is 31.2 Å². The summed E-state index contributed by atoms with van der Waals surface area (Å²) in [5.41, 5.74) is 1.44. The van der Waals surface area contributed by atoms with Crippen LogP contribution in [0.25, 0.3) is 0 Å². The van der Waals surface area contributed by atoms with Gasteiger partial charge in [-0.15, -0.1) is 0 Å². The van der Waals surface area contributed by atoms with Crippen molar-refractivity contribution in [2.75, 3.05) is 32.8 Å². The van der Waals surface area contributed by atoms with E-state index in [4.69, 9.17) is 4.74 Å². The first-order chi connectivity index (χ1) is 12.4. The number of likely N-dealkylation sites (tertiary alicyclic amines) is 1. The molecule has 1 aromatic carbocycles. The molecular formula is C21H33N3O. The second-order valence-corrected chi connectivity index (χ2v) is 8.04. The van der Waals surface area contributed by atoms with Crippen LogP contribution in [0.2, 0.25) is 0 Å². The highest BCUT2D eigenvalue weighted by Crippen LogP contribution is 2.30. The molecule has 1 aromatic rings. The van der Waals surface area contributed by atoms with Crippen molar-refractivity contribution in [1.82, 2.24) is 15.5 Å². The minimum atomic E-state index is 0.562. The maximum atomic E-state index is 5.71. The summed E-state index contributed by atoms with van der Waals surface area (Å²) >= 11 is 0. The number of benzene rings is 1. The summed E-state index contributed by atoms with van der Waals surface area (Å²) in [4.78, 5) is 2.61. The molecule has 0 spiro atoms. The second kappa shape index (κ2) is 8.63. The Morgan fingerprint density at radius 3 is 2.68 bits per heavy atom. The van der Waals surface area contributed by atoms with E-state index < -0.39 is 0 Å². The molecule has 3 fully saturated rings. The Balaban J connectivity index is 1.24. The lowest BCUT2D eigenvalue weighted by molar-refractivity contribution is 0.0506. The smallest absolute Gasteiger partial charge is 0.0623 e. The molecule has 1 aliphatic carbocycles. The molecule has 1 saturated carbocycles. The SMILES string of the molecule is c1ccc(CN2CCC(NC3CCCC3C3COCCN3)CC2)cc1. The lowest BCUT2D eigenvalue weighted by Crippen LogP contribution is -2.53. The van der Waals surface area contributed by atoms with Crippen LogP contribution < -0.4 is 10.6 Å². The third kappa shape index (κ3) is 4.62. The minimum absolute atomic E-state index is 0.562. The van der Waals surface area contributed by atoms with Crippen molar-refractivity contribution in [3.8, 4) is 0 Å². The first-order valence-corrected chi connectivity index (χ1v) is 10.2. The van der Waals surface area contributed by atoms with E-state index in [9.17, 15) is 0 Å². The highest BCUT2D eigenvalue weighted by Gasteiger charge is 2.36. The van der Waals surface area contributed by atoms with Crippen molar-refractivity contribution < 1.29 is 4.74 Å². The lowest BCUT2D eigenvalue weighted by atomic mass is 9.92. The minimum Gasteiger partial charge on any atom is -0.379 e. The molecule has 25 heavy (non-hydrogen) atoms. The Bertz CT molecular complexity index is 509. The van der Waals surface area contributed by atoms with E-state index in [1.165, 1.54) is 50.8 Å². The van der Waals surface area contributed by atoms with Gasteiger partial charge in [0.05, 0.1) is 13.2 Å². The maximum absolute atomic E-state index is 5.71. The molecule has 2 saturated heterocycles. The van der Waals surface area contributed by atoms with Crippen LogP contribution in [-0.4, -0.2) is 55.9 Å². The molecule has 138 valence electrons.